The summed E-state index contributed by atoms with van der Waals surface area (Å²) in [4.78, 5) is 12.0. The Morgan fingerprint density at radius 3 is 2.70 bits per heavy atom. The fourth-order valence-electron chi connectivity index (χ4n) is 7.09. The van der Waals surface area contributed by atoms with Gasteiger partial charge in [-0.15, -0.1) is 0 Å². The molecular weight excluding hydrogens is 284 g/mol. The number of aliphatic hydroxyl groups is 1. The van der Waals surface area contributed by atoms with E-state index < -0.39 is 0 Å². The SMILES string of the molecule is CCC1CC2=CC(=O)CC[C@]2(C)[C@@H]2CC[C@]3(C)C(O)CC[C@H]3[C@H]12. The molecule has 0 spiro atoms. The van der Waals surface area contributed by atoms with Crippen molar-refractivity contribution in [2.75, 3.05) is 0 Å². The molecular formula is C21H32O2. The molecule has 23 heavy (non-hydrogen) atoms. The van der Waals surface area contributed by atoms with Crippen LogP contribution in [-0.2, 0) is 4.79 Å². The van der Waals surface area contributed by atoms with Gasteiger partial charge in [-0.05, 0) is 79.1 Å². The topological polar surface area (TPSA) is 37.3 Å². The number of carbonyl (C=O) groups excluding carboxylic acids is 1. The van der Waals surface area contributed by atoms with Crippen LogP contribution >= 0.6 is 0 Å². The molecule has 2 nitrogen and oxygen atoms in total. The molecule has 0 aromatic heterocycles. The summed E-state index contributed by atoms with van der Waals surface area (Å²) in [5.74, 6) is 3.23. The Morgan fingerprint density at radius 1 is 1.17 bits per heavy atom. The van der Waals surface area contributed by atoms with E-state index in [-0.39, 0.29) is 16.9 Å². The number of hydrogen-bond acceptors (Lipinski definition) is 2. The van der Waals surface area contributed by atoms with Crippen LogP contribution in [-0.4, -0.2) is 17.0 Å². The third-order valence-corrected chi connectivity index (χ3v) is 8.61. The molecule has 7 atom stereocenters. The van der Waals surface area contributed by atoms with Gasteiger partial charge in [-0.3, -0.25) is 4.79 Å². The maximum absolute atomic E-state index is 12.0. The van der Waals surface area contributed by atoms with Crippen LogP contribution in [0.2, 0.25) is 0 Å². The van der Waals surface area contributed by atoms with E-state index in [2.05, 4.69) is 20.8 Å². The number of fused-ring (bicyclic) bond motifs is 5. The number of rotatable bonds is 1. The molecule has 4 aliphatic rings. The summed E-state index contributed by atoms with van der Waals surface area (Å²) in [5, 5.41) is 10.6. The second kappa shape index (κ2) is 5.18. The smallest absolute Gasteiger partial charge is 0.155 e. The largest absolute Gasteiger partial charge is 0.393 e. The normalized spacial score (nSPS) is 52.4. The van der Waals surface area contributed by atoms with Crippen molar-refractivity contribution in [3.05, 3.63) is 11.6 Å². The Morgan fingerprint density at radius 2 is 1.96 bits per heavy atom. The first-order chi connectivity index (χ1) is 10.9. The van der Waals surface area contributed by atoms with Crippen molar-refractivity contribution in [3.63, 3.8) is 0 Å². The van der Waals surface area contributed by atoms with Crippen LogP contribution in [0.5, 0.6) is 0 Å². The van der Waals surface area contributed by atoms with E-state index in [9.17, 15) is 9.90 Å². The Labute approximate surface area is 140 Å². The van der Waals surface area contributed by atoms with Gasteiger partial charge in [-0.2, -0.15) is 0 Å². The summed E-state index contributed by atoms with van der Waals surface area (Å²) in [6, 6.07) is 0. The van der Waals surface area contributed by atoms with Gasteiger partial charge in [0.05, 0.1) is 6.10 Å². The zero-order valence-corrected chi connectivity index (χ0v) is 15.0. The van der Waals surface area contributed by atoms with Gasteiger partial charge >= 0.3 is 0 Å². The number of aliphatic hydroxyl groups excluding tert-OH is 1. The minimum absolute atomic E-state index is 0.0939. The molecule has 0 bridgehead atoms. The Balaban J connectivity index is 1.75. The number of carbonyl (C=O) groups is 1. The van der Waals surface area contributed by atoms with Crippen LogP contribution in [0, 0.1) is 34.5 Å². The van der Waals surface area contributed by atoms with E-state index in [4.69, 9.17) is 0 Å². The third-order valence-electron chi connectivity index (χ3n) is 8.61. The quantitative estimate of drug-likeness (QED) is 0.772. The first-order valence-electron chi connectivity index (χ1n) is 9.82. The summed E-state index contributed by atoms with van der Waals surface area (Å²) < 4.78 is 0. The second-order valence-electron chi connectivity index (χ2n) is 9.35. The average molecular weight is 316 g/mol. The van der Waals surface area contributed by atoms with Gasteiger partial charge in [0, 0.05) is 6.42 Å². The van der Waals surface area contributed by atoms with E-state index in [0.29, 0.717) is 17.6 Å². The van der Waals surface area contributed by atoms with Gasteiger partial charge in [-0.1, -0.05) is 32.8 Å². The molecule has 3 fully saturated rings. The van der Waals surface area contributed by atoms with Gasteiger partial charge in [0.25, 0.3) is 0 Å². The van der Waals surface area contributed by atoms with Crippen LogP contribution in [0.1, 0.15) is 72.1 Å². The van der Waals surface area contributed by atoms with Crippen LogP contribution < -0.4 is 0 Å². The molecule has 0 aromatic carbocycles. The Kier molecular flexibility index (Phi) is 3.58. The average Bonchev–Trinajstić information content (AvgIpc) is 2.83. The molecule has 128 valence electrons. The Bertz CT molecular complexity index is 550. The molecule has 4 aliphatic carbocycles. The first-order valence-corrected chi connectivity index (χ1v) is 9.82. The summed E-state index contributed by atoms with van der Waals surface area (Å²) in [6.45, 7) is 7.13. The summed E-state index contributed by atoms with van der Waals surface area (Å²) >= 11 is 0. The van der Waals surface area contributed by atoms with E-state index in [1.165, 1.54) is 31.3 Å². The number of ketones is 1. The van der Waals surface area contributed by atoms with Gasteiger partial charge in [0.2, 0.25) is 0 Å². The zero-order chi connectivity index (χ0) is 16.4. The Hall–Kier alpha value is -0.630. The minimum Gasteiger partial charge on any atom is -0.393 e. The predicted octanol–water partition coefficient (Wildman–Crippen LogP) is 4.52. The third kappa shape index (κ3) is 2.06. The lowest BCUT2D eigenvalue weighted by atomic mass is 9.44. The zero-order valence-electron chi connectivity index (χ0n) is 15.0. The lowest BCUT2D eigenvalue weighted by Crippen LogP contribution is -2.54. The molecule has 0 saturated heterocycles. The molecule has 0 amide bonds. The van der Waals surface area contributed by atoms with Crippen LogP contribution in [0.25, 0.3) is 0 Å². The maximum atomic E-state index is 12.0. The molecule has 3 saturated carbocycles. The van der Waals surface area contributed by atoms with Crippen molar-refractivity contribution in [1.29, 1.82) is 0 Å². The molecule has 4 rings (SSSR count). The predicted molar refractivity (Wildman–Crippen MR) is 91.9 cm³/mol. The first kappa shape index (κ1) is 15.9. The minimum atomic E-state index is -0.0939. The van der Waals surface area contributed by atoms with Crippen molar-refractivity contribution >= 4 is 5.78 Å². The monoisotopic (exact) mass is 316 g/mol. The van der Waals surface area contributed by atoms with Crippen molar-refractivity contribution in [3.8, 4) is 0 Å². The molecule has 0 aromatic rings. The fourth-order valence-corrected chi connectivity index (χ4v) is 7.09. The van der Waals surface area contributed by atoms with Crippen molar-refractivity contribution in [1.82, 2.24) is 0 Å². The van der Waals surface area contributed by atoms with Crippen LogP contribution in [0.15, 0.2) is 11.6 Å². The molecule has 0 heterocycles. The summed E-state index contributed by atoms with van der Waals surface area (Å²) in [5.41, 5.74) is 1.86. The van der Waals surface area contributed by atoms with E-state index in [0.717, 1.165) is 37.5 Å². The van der Waals surface area contributed by atoms with Gasteiger partial charge in [-0.25, -0.2) is 0 Å². The fraction of sp³-hybridized carbons (Fsp3) is 0.857. The number of allylic oxidation sites excluding steroid dienone is 1. The lowest BCUT2D eigenvalue weighted by molar-refractivity contribution is -0.120. The van der Waals surface area contributed by atoms with Crippen LogP contribution in [0.4, 0.5) is 0 Å². The van der Waals surface area contributed by atoms with Crippen molar-refractivity contribution in [2.24, 2.45) is 34.5 Å². The highest BCUT2D eigenvalue weighted by atomic mass is 16.3. The van der Waals surface area contributed by atoms with E-state index in [1.54, 1.807) is 0 Å². The van der Waals surface area contributed by atoms with Crippen LogP contribution in [0.3, 0.4) is 0 Å². The highest BCUT2D eigenvalue weighted by Crippen LogP contribution is 2.66. The molecule has 1 N–H and O–H groups in total. The summed E-state index contributed by atoms with van der Waals surface area (Å²) in [6.07, 6.45) is 10.7. The van der Waals surface area contributed by atoms with E-state index >= 15 is 0 Å². The second-order valence-corrected chi connectivity index (χ2v) is 9.35. The number of hydrogen-bond donors (Lipinski definition) is 1. The maximum Gasteiger partial charge on any atom is 0.155 e. The van der Waals surface area contributed by atoms with E-state index in [1.807, 2.05) is 6.08 Å². The van der Waals surface area contributed by atoms with Crippen molar-refractivity contribution in [2.45, 2.75) is 78.2 Å². The lowest BCUT2D eigenvalue weighted by Gasteiger charge is -2.60. The molecule has 0 aliphatic heterocycles. The molecule has 2 heteroatoms. The molecule has 0 radical (unpaired) electrons. The highest BCUT2D eigenvalue weighted by molar-refractivity contribution is 5.91. The standard InChI is InChI=1S/C21H32O2/c1-4-13-11-14-12-15(22)7-9-20(14,2)17-8-10-21(3)16(19(13)17)5-6-18(21)23/h12-13,16-19,23H,4-11H2,1-3H3/t13?,16-,17+,18?,19-,20-,21-/m0/s1. The van der Waals surface area contributed by atoms with Crippen molar-refractivity contribution < 1.29 is 9.90 Å². The summed E-state index contributed by atoms with van der Waals surface area (Å²) in [7, 11) is 0. The van der Waals surface area contributed by atoms with Gasteiger partial charge in [0.15, 0.2) is 5.78 Å². The highest BCUT2D eigenvalue weighted by Gasteiger charge is 2.60. The van der Waals surface area contributed by atoms with Gasteiger partial charge in [0.1, 0.15) is 0 Å². The molecule has 2 unspecified atom stereocenters. The van der Waals surface area contributed by atoms with Gasteiger partial charge < -0.3 is 5.11 Å².